The maximum absolute atomic E-state index is 12.5. The van der Waals surface area contributed by atoms with Crippen LogP contribution in [-0.4, -0.2) is 101 Å². The Hall–Kier alpha value is -5.48. The normalized spacial score (nSPS) is 11.2. The van der Waals surface area contributed by atoms with Crippen LogP contribution < -0.4 is 28.1 Å². The Morgan fingerprint density at radius 2 is 0.944 bits per heavy atom. The summed E-state index contributed by atoms with van der Waals surface area (Å²) in [5.74, 6) is -1.29. The zero-order chi connectivity index (χ0) is 67.2. The number of nitrogens with zero attached hydrogens (tertiary/aromatic N) is 5. The van der Waals surface area contributed by atoms with Gasteiger partial charge in [0.2, 0.25) is 0 Å². The first kappa shape index (κ1) is 79.6. The number of carboxylic acid groups (broad SMARTS) is 1. The molecule has 0 saturated carbocycles. The SMILES string of the molecule is C.CC(=O)O.CC(C)(C)S(=O)(=O)c1cc2c(=O)[nH]cnc2cc1Cl.CC(C)(C)S(=O)(=O)c1cc2c(Cl)ncnc2cc1Cl.CC(C)(C)Sc1cc2c(=O)[nH]cnc2cc1Cl.COC(=O)c1cc(I)c(Cl)cc1N.N=CN.O=c1[nH]cnc2cc(Cl)c(I)cc12. The van der Waals surface area contributed by atoms with Gasteiger partial charge in [0.1, 0.15) is 11.5 Å². The van der Waals surface area contributed by atoms with E-state index in [9.17, 15) is 36.0 Å². The number of methoxy groups -OCH3 is 1. The molecule has 0 aliphatic carbocycles. The van der Waals surface area contributed by atoms with Gasteiger partial charge in [-0.25, -0.2) is 46.6 Å². The topological polar surface area (TPSA) is 371 Å². The lowest BCUT2D eigenvalue weighted by molar-refractivity contribution is -0.134. The highest BCUT2D eigenvalue weighted by molar-refractivity contribution is 14.1. The number of anilines is 1. The van der Waals surface area contributed by atoms with Crippen molar-refractivity contribution >= 4 is 214 Å². The molecule has 0 saturated heterocycles. The number of hydrogen-bond donors (Lipinski definition) is 7. The van der Waals surface area contributed by atoms with E-state index in [1.165, 1.54) is 62.8 Å². The van der Waals surface area contributed by atoms with E-state index >= 15 is 0 Å². The third kappa shape index (κ3) is 22.1. The molecule has 33 heteroatoms. The maximum Gasteiger partial charge on any atom is 0.339 e. The van der Waals surface area contributed by atoms with Crippen molar-refractivity contribution in [1.82, 2.24) is 39.9 Å². The molecule has 22 nitrogen and oxygen atoms in total. The minimum atomic E-state index is -3.63. The number of nitrogens with one attached hydrogen (secondary N) is 4. The van der Waals surface area contributed by atoms with Gasteiger partial charge in [0.25, 0.3) is 22.6 Å². The van der Waals surface area contributed by atoms with Crippen LogP contribution in [-0.2, 0) is 29.2 Å². The quantitative estimate of drug-likeness (QED) is 0.0164. The van der Waals surface area contributed by atoms with Gasteiger partial charge in [0, 0.05) is 34.8 Å². The van der Waals surface area contributed by atoms with Crippen LogP contribution in [0.25, 0.3) is 43.6 Å². The van der Waals surface area contributed by atoms with Crippen LogP contribution in [0.1, 0.15) is 87.0 Å². The van der Waals surface area contributed by atoms with Gasteiger partial charge < -0.3 is 36.3 Å². The number of aromatic nitrogens is 8. The summed E-state index contributed by atoms with van der Waals surface area (Å²) >= 11 is 41.6. The zero-order valence-corrected chi connectivity index (χ0v) is 59.6. The summed E-state index contributed by atoms with van der Waals surface area (Å²) in [6.45, 7) is 17.0. The van der Waals surface area contributed by atoms with E-state index < -0.39 is 46.7 Å². The molecule has 0 spiro atoms. The lowest BCUT2D eigenvalue weighted by atomic mass is 10.2. The largest absolute Gasteiger partial charge is 0.481 e. The van der Waals surface area contributed by atoms with Crippen molar-refractivity contribution < 1.29 is 36.3 Å². The number of carbonyl (C=O) groups excluding carboxylic acids is 1. The van der Waals surface area contributed by atoms with E-state index in [2.05, 4.69) is 93.7 Å². The molecule has 4 aromatic heterocycles. The number of ether oxygens (including phenoxy) is 1. The Morgan fingerprint density at radius 1 is 0.596 bits per heavy atom. The van der Waals surface area contributed by atoms with Gasteiger partial charge in [-0.2, -0.15) is 0 Å². The number of H-pyrrole nitrogens is 3. The fraction of sp³-hybridized carbons (Fsp3) is 0.268. The number of halogens is 8. The number of aromatic amines is 3. The second-order valence-electron chi connectivity index (χ2n) is 20.5. The molecule has 5 aromatic carbocycles. The monoisotopic (exact) mass is 1620 g/mol. The fourth-order valence-electron chi connectivity index (χ4n) is 6.56. The Morgan fingerprint density at radius 3 is 1.35 bits per heavy atom. The minimum absolute atomic E-state index is 0. The number of benzene rings is 5. The molecule has 0 radical (unpaired) electrons. The standard InChI is InChI=1S/C12H12Cl2N2O2S.C12H13ClN2O3S.C12H13ClN2OS.C8H4ClIN2O.C8H7ClINO2.C2H4O2.CH4N2.CH4/c1-12(2,3)19(17,18)10-4-7-9(5-8(10)13)15-6-16-11(7)14;1-12(2,3)19(17,18)10-4-7-9(5-8(10)13)14-6-15-11(7)16;1-12(2,3)17-10-4-7-9(5-8(10)13)14-6-15-11(7)16;9-5-2-7-4(1-6(5)10)8(13)12-3-11-7;1-13-8(12)4-2-6(10)5(9)3-7(4)11;1-2(3)4;2-1-3;/h4-6H,1-3H3;4-6H,1-3H3,(H,14,15,16);4-6H,1-3H3,(H,14,15,16);1-3H,(H,11,12,13);2-3H,11H2,1H3;1H3,(H,3,4);1H,(H3,2,3);1H4. The summed E-state index contributed by atoms with van der Waals surface area (Å²) in [7, 11) is -5.88. The molecule has 0 aliphatic heterocycles. The highest BCUT2D eigenvalue weighted by Crippen LogP contribution is 2.39. The highest BCUT2D eigenvalue weighted by Gasteiger charge is 2.34. The van der Waals surface area contributed by atoms with Crippen molar-refractivity contribution in [2.24, 2.45) is 5.73 Å². The van der Waals surface area contributed by atoms with Gasteiger partial charge in [0.05, 0.1) is 121 Å². The highest BCUT2D eigenvalue weighted by atomic mass is 127. The van der Waals surface area contributed by atoms with Crippen molar-refractivity contribution in [3.05, 3.63) is 160 Å². The predicted octanol–water partition coefficient (Wildman–Crippen LogP) is 13.9. The molecule has 9 rings (SSSR count). The number of nitrogens with two attached hydrogens (primary N) is 2. The van der Waals surface area contributed by atoms with Crippen LogP contribution in [0.15, 0.2) is 115 Å². The maximum atomic E-state index is 12.5. The van der Waals surface area contributed by atoms with Crippen molar-refractivity contribution in [1.29, 1.82) is 5.41 Å². The smallest absolute Gasteiger partial charge is 0.339 e. The van der Waals surface area contributed by atoms with E-state index in [0.29, 0.717) is 64.5 Å². The molecule has 0 fully saturated rings. The zero-order valence-electron chi connectivity index (χ0n) is 48.3. The first-order valence-corrected chi connectivity index (χ1v) is 32.9. The number of fused-ring (bicyclic) bond motifs is 4. The first-order chi connectivity index (χ1) is 40.5. The number of hydrogen-bond acceptors (Lipinski definition) is 18. The third-order valence-electron chi connectivity index (χ3n) is 10.8. The minimum Gasteiger partial charge on any atom is -0.481 e. The molecule has 0 atom stereocenters. The molecule has 4 heterocycles. The number of thioether (sulfide) groups is 1. The van der Waals surface area contributed by atoms with Gasteiger partial charge in [-0.05, 0) is 147 Å². The first-order valence-electron chi connectivity index (χ1n) is 24.7. The Bertz CT molecular complexity index is 4480. The molecule has 9 N–H and O–H groups in total. The van der Waals surface area contributed by atoms with Gasteiger partial charge in [0.15, 0.2) is 19.7 Å². The van der Waals surface area contributed by atoms with E-state index in [-0.39, 0.29) is 53.7 Å². The van der Waals surface area contributed by atoms with Crippen LogP contribution in [0.3, 0.4) is 0 Å². The third-order valence-corrected chi connectivity index (χ3v) is 21.7. The molecule has 89 heavy (non-hydrogen) atoms. The molecular formula is C56H61Cl6I2N11O11S3. The van der Waals surface area contributed by atoms with Crippen LogP contribution >= 0.6 is 127 Å². The van der Waals surface area contributed by atoms with Crippen LogP contribution in [0.2, 0.25) is 30.3 Å². The van der Waals surface area contributed by atoms with Gasteiger partial charge in [-0.1, -0.05) is 97.8 Å². The van der Waals surface area contributed by atoms with Crippen molar-refractivity contribution in [2.75, 3.05) is 12.8 Å². The number of esters is 1. The number of aliphatic carboxylic acids is 1. The second-order valence-corrected chi connectivity index (χ2v) is 32.4. The number of carbonyl (C=O) groups is 2. The number of sulfone groups is 2. The molecule has 0 amide bonds. The van der Waals surface area contributed by atoms with Gasteiger partial charge >= 0.3 is 5.97 Å². The summed E-state index contributed by atoms with van der Waals surface area (Å²) in [5.41, 5.74) is 12.1. The van der Waals surface area contributed by atoms with E-state index in [4.69, 9.17) is 90.6 Å². The van der Waals surface area contributed by atoms with E-state index in [1.54, 1.807) is 83.6 Å². The summed E-state index contributed by atoms with van der Waals surface area (Å²) in [5, 5.41) is 17.3. The van der Waals surface area contributed by atoms with Crippen molar-refractivity contribution in [3.63, 3.8) is 0 Å². The Kier molecular flexibility index (Phi) is 30.2. The average Bonchev–Trinajstić information content (AvgIpc) is 0.812. The lowest BCUT2D eigenvalue weighted by Gasteiger charge is -2.20. The van der Waals surface area contributed by atoms with E-state index in [0.717, 1.165) is 25.3 Å². The molecule has 9 aromatic rings. The van der Waals surface area contributed by atoms with Crippen molar-refractivity contribution in [2.45, 2.75) is 106 Å². The Balaban J connectivity index is 0.000000371. The number of rotatable bonds is 4. The lowest BCUT2D eigenvalue weighted by Crippen LogP contribution is -2.28. The van der Waals surface area contributed by atoms with Crippen LogP contribution in [0.4, 0.5) is 5.69 Å². The summed E-state index contributed by atoms with van der Waals surface area (Å²) < 4.78 is 54.0. The van der Waals surface area contributed by atoms with E-state index in [1.807, 2.05) is 22.6 Å². The molecular weight excluding hydrogens is 1570 g/mol. The summed E-state index contributed by atoms with van der Waals surface area (Å²) in [4.78, 5) is 83.1. The summed E-state index contributed by atoms with van der Waals surface area (Å²) in [6, 6.07) is 15.7. The van der Waals surface area contributed by atoms with Crippen molar-refractivity contribution in [3.8, 4) is 0 Å². The molecule has 480 valence electrons. The number of carboxylic acids is 1. The molecule has 0 bridgehead atoms. The number of nitrogen functional groups attached to an aromatic ring is 1. The molecule has 0 unspecified atom stereocenters. The van der Waals surface area contributed by atoms with Gasteiger partial charge in [-0.15, -0.1) is 11.8 Å². The van der Waals surface area contributed by atoms with Crippen LogP contribution in [0, 0.1) is 12.5 Å². The molecule has 0 aliphatic rings. The predicted molar refractivity (Wildman–Crippen MR) is 377 cm³/mol. The summed E-state index contributed by atoms with van der Waals surface area (Å²) in [6.07, 6.45) is 6.06. The fourth-order valence-corrected chi connectivity index (χ4v) is 12.7. The second kappa shape index (κ2) is 33.7. The Labute approximate surface area is 574 Å². The van der Waals surface area contributed by atoms with Gasteiger partial charge in [-0.3, -0.25) is 24.6 Å². The average molecular weight is 1630 g/mol. The van der Waals surface area contributed by atoms with Crippen LogP contribution in [0.5, 0.6) is 0 Å².